The molecule has 1 amide bonds. The lowest BCUT2D eigenvalue weighted by atomic mass is 9.97. The second-order valence-corrected chi connectivity index (χ2v) is 6.70. The number of para-hydroxylation sites is 1. The Hall–Kier alpha value is -1.88. The average Bonchev–Trinajstić information content (AvgIpc) is 2.50. The first-order chi connectivity index (χ1) is 10.9. The molecule has 0 radical (unpaired) electrons. The molecule has 1 N–H and O–H groups in total. The normalized spacial score (nSPS) is 24.1. The molecule has 0 aromatic heterocycles. The largest absolute Gasteiger partial charge is 0.465 e. The number of esters is 1. The number of carbonyl (C=O) groups is 2. The number of benzene rings is 1. The number of hydrogen-bond donors (Lipinski definition) is 1. The monoisotopic (exact) mass is 319 g/mol. The number of hydrogen-bond acceptors (Lipinski definition) is 3. The number of piperidine rings is 1. The fourth-order valence-corrected chi connectivity index (χ4v) is 3.46. The van der Waals surface area contributed by atoms with Crippen molar-refractivity contribution in [3.05, 3.63) is 29.3 Å². The molecule has 1 aliphatic rings. The molecule has 1 aliphatic heterocycles. The van der Waals surface area contributed by atoms with E-state index in [9.17, 15) is 9.59 Å². The lowest BCUT2D eigenvalue weighted by Gasteiger charge is -2.42. The molecule has 0 spiro atoms. The summed E-state index contributed by atoms with van der Waals surface area (Å²) in [5.41, 5.74) is 2.99. The van der Waals surface area contributed by atoms with Crippen LogP contribution >= 0.6 is 0 Å². The maximum atomic E-state index is 12.9. The van der Waals surface area contributed by atoms with E-state index < -0.39 is 0 Å². The van der Waals surface area contributed by atoms with Crippen LogP contribution in [0.15, 0.2) is 18.2 Å². The van der Waals surface area contributed by atoms with E-state index in [1.807, 2.05) is 39.1 Å². The number of aryl methyl sites for hydroxylation is 2. The van der Waals surface area contributed by atoms with Crippen molar-refractivity contribution in [2.24, 2.45) is 0 Å². The number of likely N-dealkylation sites (tertiary alicyclic amines) is 1. The van der Waals surface area contributed by atoms with Gasteiger partial charge < -0.3 is 14.5 Å². The van der Waals surface area contributed by atoms with E-state index in [0.717, 1.165) is 42.6 Å². The Morgan fingerprint density at radius 2 is 1.91 bits per heavy atom. The zero-order valence-electron chi connectivity index (χ0n) is 14.5. The van der Waals surface area contributed by atoms with Crippen molar-refractivity contribution in [1.82, 2.24) is 0 Å². The molecule has 1 heterocycles. The summed E-state index contributed by atoms with van der Waals surface area (Å²) in [7, 11) is 3.37. The summed E-state index contributed by atoms with van der Waals surface area (Å²) in [5, 5.41) is 3.09. The minimum absolute atomic E-state index is 0.00602. The van der Waals surface area contributed by atoms with E-state index in [1.165, 1.54) is 7.11 Å². The number of ether oxygens (including phenoxy) is 1. The van der Waals surface area contributed by atoms with Crippen LogP contribution in [0.3, 0.4) is 0 Å². The third-order valence-electron chi connectivity index (χ3n) is 4.90. The first kappa shape index (κ1) is 17.5. The summed E-state index contributed by atoms with van der Waals surface area (Å²) in [4.78, 5) is 24.6. The number of anilines is 1. The lowest BCUT2D eigenvalue weighted by molar-refractivity contribution is -0.922. The van der Waals surface area contributed by atoms with Gasteiger partial charge in [-0.1, -0.05) is 18.2 Å². The van der Waals surface area contributed by atoms with E-state index in [2.05, 4.69) is 5.32 Å². The number of nitrogens with one attached hydrogen (secondary N) is 1. The molecule has 0 saturated carbocycles. The number of likely N-dealkylation sites (N-methyl/N-ethyl adjacent to an activating group) is 1. The van der Waals surface area contributed by atoms with E-state index in [1.54, 1.807) is 0 Å². The maximum Gasteiger partial charge on any atom is 0.361 e. The van der Waals surface area contributed by atoms with Gasteiger partial charge in [-0.2, -0.15) is 0 Å². The quantitative estimate of drug-likeness (QED) is 0.685. The zero-order valence-corrected chi connectivity index (χ0v) is 14.5. The van der Waals surface area contributed by atoms with Crippen molar-refractivity contribution < 1.29 is 18.8 Å². The number of quaternary nitrogens is 1. The standard InChI is InChI=1S/C18H26N2O3/c1-13-8-7-9-14(2)17(13)19-18(22)15-10-5-6-11-20(15,3)12-16(21)23-4/h7-9,15H,5-6,10-12H2,1-4H3/p+1/t15-,20?/m1/s1. The lowest BCUT2D eigenvalue weighted by Crippen LogP contribution is -2.61. The number of rotatable bonds is 4. The highest BCUT2D eigenvalue weighted by Crippen LogP contribution is 2.27. The van der Waals surface area contributed by atoms with Crippen LogP contribution in [-0.2, 0) is 14.3 Å². The van der Waals surface area contributed by atoms with Crippen LogP contribution in [0.5, 0.6) is 0 Å². The molecule has 0 aliphatic carbocycles. The van der Waals surface area contributed by atoms with E-state index in [4.69, 9.17) is 4.74 Å². The molecule has 2 atom stereocenters. The number of amides is 1. The van der Waals surface area contributed by atoms with Gasteiger partial charge in [0.2, 0.25) is 0 Å². The zero-order chi connectivity index (χ0) is 17.0. The molecular formula is C18H27N2O3+. The fourth-order valence-electron chi connectivity index (χ4n) is 3.46. The van der Waals surface area contributed by atoms with Crippen molar-refractivity contribution in [1.29, 1.82) is 0 Å². The summed E-state index contributed by atoms with van der Waals surface area (Å²) in [6, 6.07) is 5.75. The van der Waals surface area contributed by atoms with Crippen LogP contribution in [0.2, 0.25) is 0 Å². The van der Waals surface area contributed by atoms with Crippen LogP contribution in [0.4, 0.5) is 5.69 Å². The molecule has 1 fully saturated rings. The Bertz CT molecular complexity index is 580. The second-order valence-electron chi connectivity index (χ2n) is 6.70. The third kappa shape index (κ3) is 3.91. The highest BCUT2D eigenvalue weighted by molar-refractivity contribution is 5.95. The Morgan fingerprint density at radius 1 is 1.26 bits per heavy atom. The molecule has 1 aromatic carbocycles. The minimum atomic E-state index is -0.265. The van der Waals surface area contributed by atoms with E-state index in [0.29, 0.717) is 4.48 Å². The van der Waals surface area contributed by atoms with Crippen molar-refractivity contribution in [2.75, 3.05) is 32.6 Å². The van der Waals surface area contributed by atoms with Gasteiger partial charge in [-0.15, -0.1) is 0 Å². The van der Waals surface area contributed by atoms with Gasteiger partial charge in [0.15, 0.2) is 12.6 Å². The van der Waals surface area contributed by atoms with Gasteiger partial charge in [0, 0.05) is 12.1 Å². The second kappa shape index (κ2) is 7.13. The highest BCUT2D eigenvalue weighted by atomic mass is 16.5. The molecule has 23 heavy (non-hydrogen) atoms. The molecule has 0 bridgehead atoms. The van der Waals surface area contributed by atoms with Crippen LogP contribution in [0, 0.1) is 13.8 Å². The molecule has 1 aromatic rings. The number of carbonyl (C=O) groups excluding carboxylic acids is 2. The van der Waals surface area contributed by atoms with Gasteiger partial charge in [0.05, 0.1) is 20.7 Å². The smallest absolute Gasteiger partial charge is 0.361 e. The molecule has 5 heteroatoms. The van der Waals surface area contributed by atoms with E-state index >= 15 is 0 Å². The summed E-state index contributed by atoms with van der Waals surface area (Å²) in [6.07, 6.45) is 2.84. The molecular weight excluding hydrogens is 292 g/mol. The molecule has 1 unspecified atom stereocenters. The first-order valence-corrected chi connectivity index (χ1v) is 8.15. The average molecular weight is 319 g/mol. The maximum absolute atomic E-state index is 12.9. The number of nitrogens with zero attached hydrogens (tertiary/aromatic N) is 1. The van der Waals surface area contributed by atoms with Gasteiger partial charge in [0.1, 0.15) is 0 Å². The van der Waals surface area contributed by atoms with Crippen molar-refractivity contribution >= 4 is 17.6 Å². The summed E-state index contributed by atoms with van der Waals surface area (Å²) >= 11 is 0. The van der Waals surface area contributed by atoms with Crippen LogP contribution < -0.4 is 5.32 Å². The highest BCUT2D eigenvalue weighted by Gasteiger charge is 2.42. The summed E-state index contributed by atoms with van der Waals surface area (Å²) < 4.78 is 5.24. The molecule has 126 valence electrons. The Balaban J connectivity index is 2.20. The first-order valence-electron chi connectivity index (χ1n) is 8.15. The number of methoxy groups -OCH3 is 1. The van der Waals surface area contributed by atoms with Crippen molar-refractivity contribution in [3.63, 3.8) is 0 Å². The van der Waals surface area contributed by atoms with Gasteiger partial charge in [-0.25, -0.2) is 4.79 Å². The molecule has 5 nitrogen and oxygen atoms in total. The van der Waals surface area contributed by atoms with Crippen LogP contribution in [0.1, 0.15) is 30.4 Å². The molecule has 1 saturated heterocycles. The van der Waals surface area contributed by atoms with Gasteiger partial charge in [0.25, 0.3) is 5.91 Å². The van der Waals surface area contributed by atoms with Crippen molar-refractivity contribution in [3.8, 4) is 0 Å². The Labute approximate surface area is 138 Å². The van der Waals surface area contributed by atoms with E-state index in [-0.39, 0.29) is 24.5 Å². The summed E-state index contributed by atoms with van der Waals surface area (Å²) in [5.74, 6) is -0.271. The molecule has 2 rings (SSSR count). The van der Waals surface area contributed by atoms with Gasteiger partial charge in [-0.05, 0) is 37.8 Å². The van der Waals surface area contributed by atoms with Crippen LogP contribution in [0.25, 0.3) is 0 Å². The third-order valence-corrected chi connectivity index (χ3v) is 4.90. The van der Waals surface area contributed by atoms with Crippen molar-refractivity contribution in [2.45, 2.75) is 39.2 Å². The topological polar surface area (TPSA) is 55.4 Å². The SMILES string of the molecule is COC(=O)C[N+]1(C)CCCC[C@@H]1C(=O)Nc1c(C)cccc1C. The minimum Gasteiger partial charge on any atom is -0.465 e. The predicted octanol–water partition coefficient (Wildman–Crippen LogP) is 2.41. The fraction of sp³-hybridized carbons (Fsp3) is 0.556. The van der Waals surface area contributed by atoms with Gasteiger partial charge in [-0.3, -0.25) is 4.79 Å². The Morgan fingerprint density at radius 3 is 2.52 bits per heavy atom. The Kier molecular flexibility index (Phi) is 5.42. The predicted molar refractivity (Wildman–Crippen MR) is 90.1 cm³/mol. The summed E-state index contributed by atoms with van der Waals surface area (Å²) in [6.45, 7) is 5.04. The van der Waals surface area contributed by atoms with Crippen LogP contribution in [-0.4, -0.2) is 49.6 Å². The van der Waals surface area contributed by atoms with Gasteiger partial charge >= 0.3 is 5.97 Å².